The molecule has 0 atom stereocenters. The summed E-state index contributed by atoms with van der Waals surface area (Å²) in [5.74, 6) is 0.505. The predicted molar refractivity (Wildman–Crippen MR) is 75.1 cm³/mol. The molecule has 0 fully saturated rings. The van der Waals surface area contributed by atoms with Crippen molar-refractivity contribution in [1.29, 1.82) is 5.26 Å². The minimum atomic E-state index is -3.44. The zero-order chi connectivity index (χ0) is 14.4. The van der Waals surface area contributed by atoms with Crippen molar-refractivity contribution in [2.75, 3.05) is 12.4 Å². The summed E-state index contributed by atoms with van der Waals surface area (Å²) in [6.07, 6.45) is 0. The first kappa shape index (κ1) is 14.1. The molecule has 0 saturated carbocycles. The lowest BCUT2D eigenvalue weighted by atomic mass is 10.2. The summed E-state index contributed by atoms with van der Waals surface area (Å²) in [7, 11) is -3.44. The van der Waals surface area contributed by atoms with E-state index in [2.05, 4.69) is 0 Å². The molecule has 0 aliphatic rings. The van der Waals surface area contributed by atoms with E-state index in [1.54, 1.807) is 24.3 Å². The topological polar surface area (TPSA) is 67.2 Å². The van der Waals surface area contributed by atoms with Gasteiger partial charge in [0.1, 0.15) is 12.4 Å². The Balaban J connectivity index is 2.02. The second kappa shape index (κ2) is 6.22. The molecule has 2 rings (SSSR count). The van der Waals surface area contributed by atoms with Crippen LogP contribution in [0.15, 0.2) is 59.5 Å². The second-order valence-corrected chi connectivity index (χ2v) is 6.23. The first-order valence-corrected chi connectivity index (χ1v) is 7.68. The molecule has 4 nitrogen and oxygen atoms in total. The Morgan fingerprint density at radius 3 is 2.50 bits per heavy atom. The van der Waals surface area contributed by atoms with Crippen LogP contribution in [0.4, 0.5) is 0 Å². The number of benzene rings is 2. The van der Waals surface area contributed by atoms with Crippen LogP contribution in [0, 0.1) is 11.3 Å². The van der Waals surface area contributed by atoms with Gasteiger partial charge < -0.3 is 4.74 Å². The van der Waals surface area contributed by atoms with Gasteiger partial charge in [0.05, 0.1) is 22.3 Å². The van der Waals surface area contributed by atoms with Gasteiger partial charge in [0.15, 0.2) is 9.84 Å². The van der Waals surface area contributed by atoms with E-state index in [1.807, 2.05) is 24.3 Å². The Hall–Kier alpha value is -2.32. The molecule has 102 valence electrons. The van der Waals surface area contributed by atoms with Gasteiger partial charge in [0.25, 0.3) is 0 Å². The number of rotatable bonds is 5. The first-order valence-electron chi connectivity index (χ1n) is 6.02. The lowest BCUT2D eigenvalue weighted by Crippen LogP contribution is -2.14. The fraction of sp³-hybridized carbons (Fsp3) is 0.133. The molecule has 2 aromatic rings. The van der Waals surface area contributed by atoms with E-state index < -0.39 is 9.84 Å². The Kier molecular flexibility index (Phi) is 4.38. The van der Waals surface area contributed by atoms with Crippen molar-refractivity contribution in [3.05, 3.63) is 60.2 Å². The van der Waals surface area contributed by atoms with Crippen LogP contribution in [0.1, 0.15) is 5.56 Å². The van der Waals surface area contributed by atoms with E-state index >= 15 is 0 Å². The van der Waals surface area contributed by atoms with Crippen molar-refractivity contribution in [3.8, 4) is 11.8 Å². The molecule has 20 heavy (non-hydrogen) atoms. The van der Waals surface area contributed by atoms with E-state index in [-0.39, 0.29) is 17.3 Å². The fourth-order valence-electron chi connectivity index (χ4n) is 1.66. The highest BCUT2D eigenvalue weighted by atomic mass is 32.2. The zero-order valence-electron chi connectivity index (χ0n) is 10.7. The Bertz CT molecular complexity index is 718. The van der Waals surface area contributed by atoms with Gasteiger partial charge in [-0.3, -0.25) is 0 Å². The summed E-state index contributed by atoms with van der Waals surface area (Å²) in [6, 6.07) is 16.9. The number of nitriles is 1. The van der Waals surface area contributed by atoms with Crippen LogP contribution in [0.5, 0.6) is 5.75 Å². The van der Waals surface area contributed by atoms with Gasteiger partial charge >= 0.3 is 0 Å². The molecule has 0 saturated heterocycles. The van der Waals surface area contributed by atoms with E-state index in [0.717, 1.165) is 0 Å². The van der Waals surface area contributed by atoms with Crippen LogP contribution >= 0.6 is 0 Å². The third-order valence-corrected chi connectivity index (χ3v) is 4.36. The normalized spacial score (nSPS) is 10.8. The molecule has 0 aromatic heterocycles. The average molecular weight is 287 g/mol. The number of hydrogen-bond acceptors (Lipinski definition) is 4. The highest BCUT2D eigenvalue weighted by Crippen LogP contribution is 2.14. The largest absolute Gasteiger partial charge is 0.493 e. The number of sulfone groups is 1. The summed E-state index contributed by atoms with van der Waals surface area (Å²) in [6.45, 7) is 0.0725. The molecule has 0 aliphatic carbocycles. The summed E-state index contributed by atoms with van der Waals surface area (Å²) < 4.78 is 29.6. The molecular formula is C15H13NO3S. The van der Waals surface area contributed by atoms with Gasteiger partial charge in [-0.1, -0.05) is 24.3 Å². The monoisotopic (exact) mass is 287 g/mol. The van der Waals surface area contributed by atoms with Crippen molar-refractivity contribution in [2.45, 2.75) is 4.90 Å². The summed E-state index contributed by atoms with van der Waals surface area (Å²) in [5.41, 5.74) is 0.329. The van der Waals surface area contributed by atoms with Crippen molar-refractivity contribution in [2.24, 2.45) is 0 Å². The Morgan fingerprint density at radius 2 is 1.80 bits per heavy atom. The second-order valence-electron chi connectivity index (χ2n) is 4.12. The van der Waals surface area contributed by atoms with Gasteiger partial charge in [-0.2, -0.15) is 5.26 Å². The minimum absolute atomic E-state index is 0.0725. The van der Waals surface area contributed by atoms with Gasteiger partial charge in [-0.05, 0) is 30.3 Å². The zero-order valence-corrected chi connectivity index (χ0v) is 11.5. The van der Waals surface area contributed by atoms with Crippen molar-refractivity contribution in [1.82, 2.24) is 0 Å². The molecule has 0 aliphatic heterocycles. The molecule has 0 spiro atoms. The molecule has 0 bridgehead atoms. The molecule has 0 N–H and O–H groups in total. The number of para-hydroxylation sites is 1. The summed E-state index contributed by atoms with van der Waals surface area (Å²) in [4.78, 5) is 0.146. The highest BCUT2D eigenvalue weighted by molar-refractivity contribution is 7.91. The third kappa shape index (κ3) is 3.59. The van der Waals surface area contributed by atoms with Crippen LogP contribution in [-0.4, -0.2) is 20.8 Å². The first-order chi connectivity index (χ1) is 9.62. The van der Waals surface area contributed by atoms with Crippen LogP contribution in [0.25, 0.3) is 0 Å². The van der Waals surface area contributed by atoms with Crippen molar-refractivity contribution in [3.63, 3.8) is 0 Å². The molecule has 5 heteroatoms. The average Bonchev–Trinajstić information content (AvgIpc) is 2.48. The van der Waals surface area contributed by atoms with Crippen LogP contribution in [0.2, 0.25) is 0 Å². The molecule has 0 heterocycles. The number of hydrogen-bond donors (Lipinski definition) is 0. The van der Waals surface area contributed by atoms with Crippen LogP contribution < -0.4 is 4.74 Å². The van der Waals surface area contributed by atoms with Gasteiger partial charge in [-0.25, -0.2) is 8.42 Å². The Labute approximate surface area is 118 Å². The van der Waals surface area contributed by atoms with E-state index in [1.165, 1.54) is 12.1 Å². The predicted octanol–water partition coefficient (Wildman–Crippen LogP) is 2.41. The van der Waals surface area contributed by atoms with Gasteiger partial charge in [0.2, 0.25) is 0 Å². The molecule has 0 unspecified atom stereocenters. The lowest BCUT2D eigenvalue weighted by Gasteiger charge is -2.07. The van der Waals surface area contributed by atoms with E-state index in [9.17, 15) is 8.42 Å². The van der Waals surface area contributed by atoms with Gasteiger partial charge in [-0.15, -0.1) is 0 Å². The quantitative estimate of drug-likeness (QED) is 0.847. The maximum Gasteiger partial charge on any atom is 0.181 e. The molecule has 0 radical (unpaired) electrons. The molecule has 0 amide bonds. The van der Waals surface area contributed by atoms with Crippen LogP contribution in [-0.2, 0) is 9.84 Å². The maximum atomic E-state index is 12.1. The Morgan fingerprint density at radius 1 is 1.05 bits per heavy atom. The highest BCUT2D eigenvalue weighted by Gasteiger charge is 2.15. The summed E-state index contributed by atoms with van der Waals surface area (Å²) in [5, 5.41) is 8.78. The van der Waals surface area contributed by atoms with Gasteiger partial charge in [0, 0.05) is 0 Å². The third-order valence-electron chi connectivity index (χ3n) is 2.69. The van der Waals surface area contributed by atoms with E-state index in [4.69, 9.17) is 10.00 Å². The van der Waals surface area contributed by atoms with E-state index in [0.29, 0.717) is 11.3 Å². The minimum Gasteiger partial charge on any atom is -0.493 e. The SMILES string of the molecule is N#Cc1cccc(S(=O)(=O)CCOc2ccccc2)c1. The number of nitrogens with zero attached hydrogens (tertiary/aromatic N) is 1. The maximum absolute atomic E-state index is 12.1. The standard InChI is InChI=1S/C15H13NO3S/c16-12-13-5-4-8-15(11-13)20(17,18)10-9-19-14-6-2-1-3-7-14/h1-8,11H,9-10H2. The summed E-state index contributed by atoms with van der Waals surface area (Å²) >= 11 is 0. The molecular weight excluding hydrogens is 274 g/mol. The van der Waals surface area contributed by atoms with Crippen molar-refractivity contribution >= 4 is 9.84 Å². The molecule has 2 aromatic carbocycles. The number of ether oxygens (including phenoxy) is 1. The van der Waals surface area contributed by atoms with Crippen LogP contribution in [0.3, 0.4) is 0 Å². The smallest absolute Gasteiger partial charge is 0.181 e. The fourth-order valence-corrected chi connectivity index (χ4v) is 2.79. The lowest BCUT2D eigenvalue weighted by molar-refractivity contribution is 0.341. The van der Waals surface area contributed by atoms with Crippen molar-refractivity contribution < 1.29 is 13.2 Å².